The number of benzene rings is 1. The molecule has 0 aliphatic rings. The fraction of sp³-hybridized carbons (Fsp3) is 0.385. The fourth-order valence-electron chi connectivity index (χ4n) is 1.83. The molecule has 5 heteroatoms. The van der Waals surface area contributed by atoms with Crippen LogP contribution in [0.2, 0.25) is 0 Å². The second kappa shape index (κ2) is 5.18. The standard InChI is InChI=1S/C13H18N4O/c1-8(7-14)5-13(18)17-10-3-4-11-12(6-10)16-9(2)15-11/h3-4,6,8H,5,7,14H2,1-2H3,(H,15,16)(H,17,18). The molecule has 0 bridgehead atoms. The summed E-state index contributed by atoms with van der Waals surface area (Å²) in [6.45, 7) is 4.38. The monoisotopic (exact) mass is 246 g/mol. The normalized spacial score (nSPS) is 12.6. The molecule has 0 radical (unpaired) electrons. The third kappa shape index (κ3) is 2.87. The number of fused-ring (bicyclic) bond motifs is 1. The van der Waals surface area contributed by atoms with E-state index in [1.807, 2.05) is 32.0 Å². The van der Waals surface area contributed by atoms with Crippen molar-refractivity contribution < 1.29 is 4.79 Å². The summed E-state index contributed by atoms with van der Waals surface area (Å²) in [5.41, 5.74) is 8.11. The molecule has 1 heterocycles. The van der Waals surface area contributed by atoms with E-state index in [9.17, 15) is 4.79 Å². The minimum atomic E-state index is -0.0106. The highest BCUT2D eigenvalue weighted by Gasteiger charge is 2.08. The van der Waals surface area contributed by atoms with Crippen molar-refractivity contribution in [2.75, 3.05) is 11.9 Å². The Hall–Kier alpha value is -1.88. The van der Waals surface area contributed by atoms with Gasteiger partial charge in [0.25, 0.3) is 0 Å². The van der Waals surface area contributed by atoms with Crippen molar-refractivity contribution in [3.05, 3.63) is 24.0 Å². The van der Waals surface area contributed by atoms with Crippen LogP contribution in [0.1, 0.15) is 19.2 Å². The number of hydrogen-bond acceptors (Lipinski definition) is 3. The average Bonchev–Trinajstić information content (AvgIpc) is 2.68. The van der Waals surface area contributed by atoms with E-state index in [-0.39, 0.29) is 11.8 Å². The van der Waals surface area contributed by atoms with Crippen LogP contribution in [-0.4, -0.2) is 22.4 Å². The lowest BCUT2D eigenvalue weighted by molar-refractivity contribution is -0.116. The molecule has 0 saturated heterocycles. The molecule has 1 amide bonds. The molecule has 0 aliphatic carbocycles. The molecule has 1 unspecified atom stereocenters. The Balaban J connectivity index is 2.09. The van der Waals surface area contributed by atoms with Crippen LogP contribution in [0.25, 0.3) is 11.0 Å². The van der Waals surface area contributed by atoms with Crippen LogP contribution in [0.3, 0.4) is 0 Å². The summed E-state index contributed by atoms with van der Waals surface area (Å²) in [6, 6.07) is 5.63. The summed E-state index contributed by atoms with van der Waals surface area (Å²) in [5, 5.41) is 2.87. The quantitative estimate of drug-likeness (QED) is 0.769. The number of H-pyrrole nitrogens is 1. The van der Waals surface area contributed by atoms with Gasteiger partial charge in [-0.1, -0.05) is 6.92 Å². The first kappa shape index (κ1) is 12.6. The van der Waals surface area contributed by atoms with E-state index in [0.717, 1.165) is 22.5 Å². The topological polar surface area (TPSA) is 83.8 Å². The predicted octanol–water partition coefficient (Wildman–Crippen LogP) is 1.79. The van der Waals surface area contributed by atoms with Gasteiger partial charge in [-0.15, -0.1) is 0 Å². The summed E-state index contributed by atoms with van der Waals surface area (Å²) in [6.07, 6.45) is 0.441. The summed E-state index contributed by atoms with van der Waals surface area (Å²) < 4.78 is 0. The van der Waals surface area contributed by atoms with Crippen molar-refractivity contribution >= 4 is 22.6 Å². The largest absolute Gasteiger partial charge is 0.342 e. The molecule has 0 spiro atoms. The van der Waals surface area contributed by atoms with Gasteiger partial charge in [0.15, 0.2) is 0 Å². The van der Waals surface area contributed by atoms with Crippen LogP contribution < -0.4 is 11.1 Å². The molecule has 2 rings (SSSR count). The highest BCUT2D eigenvalue weighted by atomic mass is 16.1. The van der Waals surface area contributed by atoms with Gasteiger partial charge >= 0.3 is 0 Å². The number of aryl methyl sites for hydroxylation is 1. The molecule has 2 aromatic rings. The number of nitrogens with zero attached hydrogens (tertiary/aromatic N) is 1. The van der Waals surface area contributed by atoms with Crippen molar-refractivity contribution in [2.45, 2.75) is 20.3 Å². The van der Waals surface area contributed by atoms with Gasteiger partial charge in [0.05, 0.1) is 11.0 Å². The zero-order valence-electron chi connectivity index (χ0n) is 10.7. The average molecular weight is 246 g/mol. The number of hydrogen-bond donors (Lipinski definition) is 3. The first-order valence-electron chi connectivity index (χ1n) is 6.05. The summed E-state index contributed by atoms with van der Waals surface area (Å²) in [7, 11) is 0. The SMILES string of the molecule is Cc1nc2ccc(NC(=O)CC(C)CN)cc2[nH]1. The summed E-state index contributed by atoms with van der Waals surface area (Å²) in [5.74, 6) is 1.05. The number of amides is 1. The number of nitrogens with two attached hydrogens (primary N) is 1. The number of carbonyl (C=O) groups excluding carboxylic acids is 1. The second-order valence-corrected chi connectivity index (χ2v) is 4.65. The van der Waals surface area contributed by atoms with Crippen molar-refractivity contribution in [2.24, 2.45) is 11.7 Å². The Morgan fingerprint density at radius 3 is 3.06 bits per heavy atom. The van der Waals surface area contributed by atoms with Crippen LogP contribution in [0.5, 0.6) is 0 Å². The molecule has 0 saturated carbocycles. The van der Waals surface area contributed by atoms with E-state index in [0.29, 0.717) is 13.0 Å². The van der Waals surface area contributed by atoms with Crippen LogP contribution in [0.15, 0.2) is 18.2 Å². The Labute approximate surface area is 106 Å². The molecule has 1 atom stereocenters. The smallest absolute Gasteiger partial charge is 0.224 e. The molecule has 5 nitrogen and oxygen atoms in total. The lowest BCUT2D eigenvalue weighted by Gasteiger charge is -2.09. The zero-order valence-corrected chi connectivity index (χ0v) is 10.7. The van der Waals surface area contributed by atoms with Crippen molar-refractivity contribution in [3.63, 3.8) is 0 Å². The lowest BCUT2D eigenvalue weighted by atomic mass is 10.1. The van der Waals surface area contributed by atoms with Gasteiger partial charge in [-0.25, -0.2) is 4.98 Å². The Morgan fingerprint density at radius 2 is 2.33 bits per heavy atom. The Morgan fingerprint density at radius 1 is 1.56 bits per heavy atom. The minimum absolute atomic E-state index is 0.0106. The van der Waals surface area contributed by atoms with Crippen LogP contribution in [-0.2, 0) is 4.79 Å². The van der Waals surface area contributed by atoms with E-state index in [1.165, 1.54) is 0 Å². The highest BCUT2D eigenvalue weighted by molar-refractivity contribution is 5.93. The van der Waals surface area contributed by atoms with E-state index >= 15 is 0 Å². The van der Waals surface area contributed by atoms with E-state index in [4.69, 9.17) is 5.73 Å². The van der Waals surface area contributed by atoms with Gasteiger partial charge in [0.2, 0.25) is 5.91 Å². The molecule has 0 fully saturated rings. The third-order valence-corrected chi connectivity index (χ3v) is 2.82. The van der Waals surface area contributed by atoms with Crippen molar-refractivity contribution in [1.29, 1.82) is 0 Å². The summed E-state index contributed by atoms with van der Waals surface area (Å²) in [4.78, 5) is 19.2. The van der Waals surface area contributed by atoms with Gasteiger partial charge in [-0.2, -0.15) is 0 Å². The van der Waals surface area contributed by atoms with E-state index < -0.39 is 0 Å². The molecule has 4 N–H and O–H groups in total. The number of carbonyl (C=O) groups is 1. The number of anilines is 1. The first-order valence-corrected chi connectivity index (χ1v) is 6.05. The fourth-order valence-corrected chi connectivity index (χ4v) is 1.83. The number of aromatic nitrogens is 2. The number of rotatable bonds is 4. The third-order valence-electron chi connectivity index (χ3n) is 2.82. The number of imidazole rings is 1. The van der Waals surface area contributed by atoms with Crippen molar-refractivity contribution in [3.8, 4) is 0 Å². The van der Waals surface area contributed by atoms with E-state index in [1.54, 1.807) is 0 Å². The number of nitrogens with one attached hydrogen (secondary N) is 2. The first-order chi connectivity index (χ1) is 8.58. The van der Waals surface area contributed by atoms with Gasteiger partial charge in [0.1, 0.15) is 5.82 Å². The van der Waals surface area contributed by atoms with Crippen molar-refractivity contribution in [1.82, 2.24) is 9.97 Å². The van der Waals surface area contributed by atoms with Gasteiger partial charge in [-0.05, 0) is 37.6 Å². The molecule has 18 heavy (non-hydrogen) atoms. The van der Waals surface area contributed by atoms with E-state index in [2.05, 4.69) is 15.3 Å². The van der Waals surface area contributed by atoms with Crippen LogP contribution in [0, 0.1) is 12.8 Å². The second-order valence-electron chi connectivity index (χ2n) is 4.65. The maximum absolute atomic E-state index is 11.7. The highest BCUT2D eigenvalue weighted by Crippen LogP contribution is 2.17. The maximum atomic E-state index is 11.7. The molecule has 1 aromatic heterocycles. The lowest BCUT2D eigenvalue weighted by Crippen LogP contribution is -2.20. The maximum Gasteiger partial charge on any atom is 0.224 e. The van der Waals surface area contributed by atoms with Gasteiger partial charge in [0, 0.05) is 12.1 Å². The zero-order chi connectivity index (χ0) is 13.1. The number of aromatic amines is 1. The summed E-state index contributed by atoms with van der Waals surface area (Å²) >= 11 is 0. The van der Waals surface area contributed by atoms with Crippen LogP contribution in [0.4, 0.5) is 5.69 Å². The Bertz CT molecular complexity index is 561. The molecular formula is C13H18N4O. The molecule has 0 aliphatic heterocycles. The van der Waals surface area contributed by atoms with Gasteiger partial charge < -0.3 is 16.0 Å². The molecule has 96 valence electrons. The minimum Gasteiger partial charge on any atom is -0.342 e. The molecule has 1 aromatic carbocycles. The Kier molecular flexibility index (Phi) is 3.62. The van der Waals surface area contributed by atoms with Crippen LogP contribution >= 0.6 is 0 Å². The predicted molar refractivity (Wildman–Crippen MR) is 72.3 cm³/mol. The molecular weight excluding hydrogens is 228 g/mol. The van der Waals surface area contributed by atoms with Gasteiger partial charge in [-0.3, -0.25) is 4.79 Å².